The number of ether oxygens (including phenoxy) is 1. The van der Waals surface area contributed by atoms with E-state index in [4.69, 9.17) is 11.6 Å². The van der Waals surface area contributed by atoms with E-state index < -0.39 is 63.6 Å². The summed E-state index contributed by atoms with van der Waals surface area (Å²) in [5, 5.41) is 2.85. The number of imide groups is 1. The van der Waals surface area contributed by atoms with Gasteiger partial charge in [0.1, 0.15) is 17.2 Å². The Bertz CT molecular complexity index is 1100. The molecule has 2 aromatic rings. The van der Waals surface area contributed by atoms with E-state index in [9.17, 15) is 49.5 Å². The third-order valence-electron chi connectivity index (χ3n) is 4.24. The van der Waals surface area contributed by atoms with Gasteiger partial charge in [0.05, 0.1) is 10.6 Å². The van der Waals surface area contributed by atoms with Gasteiger partial charge in [-0.25, -0.2) is 18.4 Å². The topological polar surface area (TPSA) is 84.5 Å². The van der Waals surface area contributed by atoms with E-state index in [0.717, 1.165) is 30.3 Å². The van der Waals surface area contributed by atoms with Crippen molar-refractivity contribution >= 4 is 35.2 Å². The van der Waals surface area contributed by atoms with Crippen LogP contribution in [0, 0.1) is 11.6 Å². The third-order valence-corrected chi connectivity index (χ3v) is 4.56. The molecule has 0 saturated heterocycles. The minimum absolute atomic E-state index is 0.296. The Kier molecular flexibility index (Phi) is 7.45. The predicted octanol–water partition coefficient (Wildman–Crippen LogP) is 5.62. The van der Waals surface area contributed by atoms with Crippen LogP contribution in [0.5, 0.6) is 0 Å². The number of urea groups is 1. The van der Waals surface area contributed by atoms with Crippen LogP contribution in [0.1, 0.15) is 27.6 Å². The van der Waals surface area contributed by atoms with Gasteiger partial charge in [-0.1, -0.05) is 17.7 Å². The SMILES string of the molecule is CC(OC(=O)c1ccc(NC(=O)NC(=O)c2c(F)cccc2F)cc1Cl)(C(F)(F)F)C(F)(F)F. The van der Waals surface area contributed by atoms with Crippen molar-refractivity contribution in [2.75, 3.05) is 5.32 Å². The van der Waals surface area contributed by atoms with Crippen molar-refractivity contribution in [2.24, 2.45) is 0 Å². The van der Waals surface area contributed by atoms with E-state index in [1.54, 1.807) is 5.32 Å². The maximum Gasteiger partial charge on any atom is 0.437 e. The Morgan fingerprint density at radius 3 is 1.91 bits per heavy atom. The van der Waals surface area contributed by atoms with Crippen molar-refractivity contribution in [3.05, 3.63) is 64.2 Å². The number of carbonyl (C=O) groups is 3. The van der Waals surface area contributed by atoms with Gasteiger partial charge >= 0.3 is 24.4 Å². The second-order valence-corrected chi connectivity index (χ2v) is 7.03. The van der Waals surface area contributed by atoms with Crippen molar-refractivity contribution in [1.82, 2.24) is 5.32 Å². The second kappa shape index (κ2) is 9.44. The maximum absolute atomic E-state index is 13.6. The van der Waals surface area contributed by atoms with Crippen LogP contribution in [-0.4, -0.2) is 35.9 Å². The molecule has 0 aliphatic carbocycles. The molecular formula is C19H11ClF8N2O4. The molecule has 34 heavy (non-hydrogen) atoms. The van der Waals surface area contributed by atoms with Gasteiger partial charge < -0.3 is 10.1 Å². The molecule has 0 spiro atoms. The number of carbonyl (C=O) groups excluding carboxylic acids is 3. The van der Waals surface area contributed by atoms with Crippen LogP contribution in [0.4, 0.5) is 45.6 Å². The Hall–Kier alpha value is -3.42. The third kappa shape index (κ3) is 5.55. The normalized spacial score (nSPS) is 12.2. The van der Waals surface area contributed by atoms with Crippen molar-refractivity contribution in [2.45, 2.75) is 24.9 Å². The summed E-state index contributed by atoms with van der Waals surface area (Å²) in [6.45, 7) is -0.380. The van der Waals surface area contributed by atoms with Crippen molar-refractivity contribution in [1.29, 1.82) is 0 Å². The molecule has 0 saturated carbocycles. The van der Waals surface area contributed by atoms with Crippen molar-refractivity contribution in [3.8, 4) is 0 Å². The van der Waals surface area contributed by atoms with Crippen LogP contribution < -0.4 is 10.6 Å². The molecule has 0 fully saturated rings. The zero-order valence-electron chi connectivity index (χ0n) is 16.5. The molecule has 184 valence electrons. The molecule has 2 N–H and O–H groups in total. The highest BCUT2D eigenvalue weighted by Gasteiger charge is 2.71. The lowest BCUT2D eigenvalue weighted by atomic mass is 10.1. The molecule has 15 heteroatoms. The van der Waals surface area contributed by atoms with Crippen LogP contribution in [0.2, 0.25) is 5.02 Å². The molecule has 0 atom stereocenters. The summed E-state index contributed by atoms with van der Waals surface area (Å²) >= 11 is 5.71. The lowest BCUT2D eigenvalue weighted by Crippen LogP contribution is -2.57. The van der Waals surface area contributed by atoms with Crippen LogP contribution in [0.15, 0.2) is 36.4 Å². The summed E-state index contributed by atoms with van der Waals surface area (Å²) in [4.78, 5) is 35.7. The molecule has 0 radical (unpaired) electrons. The number of anilines is 1. The van der Waals surface area contributed by atoms with Crippen molar-refractivity contribution in [3.63, 3.8) is 0 Å². The van der Waals surface area contributed by atoms with E-state index in [0.29, 0.717) is 6.07 Å². The first-order valence-electron chi connectivity index (χ1n) is 8.70. The number of benzene rings is 2. The Morgan fingerprint density at radius 1 is 0.912 bits per heavy atom. The molecule has 0 aromatic heterocycles. The number of amides is 3. The van der Waals surface area contributed by atoms with E-state index in [1.165, 1.54) is 0 Å². The number of rotatable bonds is 4. The number of hydrogen-bond acceptors (Lipinski definition) is 4. The molecule has 2 rings (SSSR count). The quantitative estimate of drug-likeness (QED) is 0.406. The first kappa shape index (κ1) is 26.8. The molecule has 0 aliphatic rings. The zero-order chi connectivity index (χ0) is 26.1. The molecule has 0 aliphatic heterocycles. The molecular weight excluding hydrogens is 508 g/mol. The van der Waals surface area contributed by atoms with Gasteiger partial charge in [0, 0.05) is 5.69 Å². The average molecular weight is 519 g/mol. The molecule has 0 bridgehead atoms. The van der Waals surface area contributed by atoms with Crippen LogP contribution in [0.25, 0.3) is 0 Å². The van der Waals surface area contributed by atoms with E-state index >= 15 is 0 Å². The Morgan fingerprint density at radius 2 is 1.44 bits per heavy atom. The summed E-state index contributed by atoms with van der Waals surface area (Å²) in [6.07, 6.45) is -12.0. The lowest BCUT2D eigenvalue weighted by Gasteiger charge is -2.33. The fraction of sp³-hybridized carbons (Fsp3) is 0.211. The fourth-order valence-corrected chi connectivity index (χ4v) is 2.58. The Labute approximate surface area is 189 Å². The average Bonchev–Trinajstić information content (AvgIpc) is 2.65. The van der Waals surface area contributed by atoms with Gasteiger partial charge in [0.2, 0.25) is 0 Å². The minimum Gasteiger partial charge on any atom is -0.436 e. The minimum atomic E-state index is -6.00. The summed E-state index contributed by atoms with van der Waals surface area (Å²) < 4.78 is 108. The molecule has 3 amide bonds. The van der Waals surface area contributed by atoms with Gasteiger partial charge in [0.25, 0.3) is 11.5 Å². The van der Waals surface area contributed by atoms with Gasteiger partial charge in [-0.05, 0) is 37.3 Å². The van der Waals surface area contributed by atoms with Crippen molar-refractivity contribution < 1.29 is 54.2 Å². The monoisotopic (exact) mass is 518 g/mol. The number of halogens is 9. The highest BCUT2D eigenvalue weighted by atomic mass is 35.5. The Balaban J connectivity index is 2.16. The molecule has 0 unspecified atom stereocenters. The summed E-state index contributed by atoms with van der Waals surface area (Å²) in [5.74, 6) is -6.05. The largest absolute Gasteiger partial charge is 0.437 e. The number of hydrogen-bond donors (Lipinski definition) is 2. The van der Waals surface area contributed by atoms with Gasteiger partial charge in [-0.2, -0.15) is 26.3 Å². The van der Waals surface area contributed by atoms with Gasteiger partial charge in [0.15, 0.2) is 0 Å². The fourth-order valence-electron chi connectivity index (χ4n) is 2.32. The van der Waals surface area contributed by atoms with Gasteiger partial charge in [-0.15, -0.1) is 0 Å². The maximum atomic E-state index is 13.6. The predicted molar refractivity (Wildman–Crippen MR) is 100 cm³/mol. The second-order valence-electron chi connectivity index (χ2n) is 6.62. The molecule has 6 nitrogen and oxygen atoms in total. The van der Waals surface area contributed by atoms with Crippen LogP contribution >= 0.6 is 11.6 Å². The highest BCUT2D eigenvalue weighted by Crippen LogP contribution is 2.46. The number of alkyl halides is 6. The first-order chi connectivity index (χ1) is 15.5. The smallest absolute Gasteiger partial charge is 0.436 e. The van der Waals surface area contributed by atoms with Gasteiger partial charge in [-0.3, -0.25) is 10.1 Å². The summed E-state index contributed by atoms with van der Waals surface area (Å²) in [7, 11) is 0. The van der Waals surface area contributed by atoms with Crippen LogP contribution in [-0.2, 0) is 4.74 Å². The van der Waals surface area contributed by atoms with E-state index in [2.05, 4.69) is 4.74 Å². The van der Waals surface area contributed by atoms with E-state index in [-0.39, 0.29) is 12.6 Å². The van der Waals surface area contributed by atoms with Crippen LogP contribution in [0.3, 0.4) is 0 Å². The standard InChI is InChI=1S/C19H11ClF8N2O4/c1-17(18(23,24)25,19(26,27)28)34-15(32)9-6-5-8(7-10(9)20)29-16(33)30-14(31)13-11(21)3-2-4-12(13)22/h2-7H,1H3,(H2,29,30,31,33). The summed E-state index contributed by atoms with van der Waals surface area (Å²) in [6, 6.07) is 3.37. The highest BCUT2D eigenvalue weighted by molar-refractivity contribution is 6.34. The zero-order valence-corrected chi connectivity index (χ0v) is 17.3. The number of nitrogens with one attached hydrogen (secondary N) is 2. The molecule has 2 aromatic carbocycles. The number of esters is 1. The first-order valence-corrected chi connectivity index (χ1v) is 9.08. The van der Waals surface area contributed by atoms with E-state index in [1.807, 2.05) is 5.32 Å². The summed E-state index contributed by atoms with van der Waals surface area (Å²) in [5.41, 5.74) is -7.10. The lowest BCUT2D eigenvalue weighted by molar-refractivity contribution is -0.358. The molecule has 0 heterocycles.